The van der Waals surface area contributed by atoms with E-state index in [1.807, 2.05) is 6.92 Å². The van der Waals surface area contributed by atoms with Gasteiger partial charge >= 0.3 is 5.97 Å². The van der Waals surface area contributed by atoms with Crippen molar-refractivity contribution in [3.8, 4) is 0 Å². The summed E-state index contributed by atoms with van der Waals surface area (Å²) in [7, 11) is 0. The van der Waals surface area contributed by atoms with Crippen LogP contribution in [0.25, 0.3) is 0 Å². The zero-order chi connectivity index (χ0) is 18.1. The summed E-state index contributed by atoms with van der Waals surface area (Å²) in [4.78, 5) is 22.2. The fourth-order valence-electron chi connectivity index (χ4n) is 4.24. The van der Waals surface area contributed by atoms with Crippen LogP contribution in [0.1, 0.15) is 64.7 Å². The summed E-state index contributed by atoms with van der Waals surface area (Å²) in [5.74, 6) is 0.470. The third-order valence-electron chi connectivity index (χ3n) is 5.51. The van der Waals surface area contributed by atoms with Gasteiger partial charge in [-0.05, 0) is 38.0 Å². The van der Waals surface area contributed by atoms with Crippen molar-refractivity contribution in [2.45, 2.75) is 76.9 Å². The number of amides is 1. The molecule has 2 aliphatic rings. The van der Waals surface area contributed by atoms with Gasteiger partial charge in [0.25, 0.3) is 0 Å². The van der Waals surface area contributed by atoms with E-state index in [0.717, 1.165) is 58.0 Å². The molecule has 2 heterocycles. The summed E-state index contributed by atoms with van der Waals surface area (Å²) in [5, 5.41) is 14.9. The molecule has 25 heavy (non-hydrogen) atoms. The molecule has 1 amide bonds. The van der Waals surface area contributed by atoms with Crippen LogP contribution in [0.15, 0.2) is 0 Å². The lowest BCUT2D eigenvalue weighted by Crippen LogP contribution is -2.40. The van der Waals surface area contributed by atoms with Crippen molar-refractivity contribution in [3.63, 3.8) is 0 Å². The van der Waals surface area contributed by atoms with Crippen molar-refractivity contribution in [2.24, 2.45) is 11.8 Å². The minimum atomic E-state index is -0.699. The molecule has 0 saturated carbocycles. The number of nitrogens with one attached hydrogen (secondary N) is 2. The highest BCUT2D eigenvalue weighted by atomic mass is 16.5. The van der Waals surface area contributed by atoms with Gasteiger partial charge in [-0.2, -0.15) is 0 Å². The molecule has 0 unspecified atom stereocenters. The Hall–Kier alpha value is -1.14. The van der Waals surface area contributed by atoms with E-state index in [1.54, 1.807) is 0 Å². The molecule has 6 heteroatoms. The summed E-state index contributed by atoms with van der Waals surface area (Å²) < 4.78 is 6.11. The van der Waals surface area contributed by atoms with Gasteiger partial charge < -0.3 is 20.5 Å². The van der Waals surface area contributed by atoms with Crippen LogP contribution in [0, 0.1) is 11.8 Å². The third-order valence-corrected chi connectivity index (χ3v) is 5.51. The number of unbranched alkanes of at least 4 members (excludes halogenated alkanes) is 3. The Labute approximate surface area is 151 Å². The average Bonchev–Trinajstić information content (AvgIpc) is 3.18. The smallest absolute Gasteiger partial charge is 0.303 e. The first-order valence-corrected chi connectivity index (χ1v) is 9.96. The molecule has 0 aromatic heterocycles. The molecule has 4 atom stereocenters. The number of hydrogen-bond donors (Lipinski definition) is 3. The van der Waals surface area contributed by atoms with Crippen LogP contribution in [0.3, 0.4) is 0 Å². The number of ether oxygens (including phenoxy) is 1. The fraction of sp³-hybridized carbons (Fsp3) is 0.895. The van der Waals surface area contributed by atoms with Gasteiger partial charge in [0.1, 0.15) is 0 Å². The van der Waals surface area contributed by atoms with Crippen LogP contribution in [0.2, 0.25) is 0 Å². The van der Waals surface area contributed by atoms with Gasteiger partial charge in [0.05, 0.1) is 18.8 Å². The number of carbonyl (C=O) groups is 2. The van der Waals surface area contributed by atoms with Crippen LogP contribution in [0.4, 0.5) is 0 Å². The Morgan fingerprint density at radius 2 is 1.80 bits per heavy atom. The molecule has 3 N–H and O–H groups in total. The summed E-state index contributed by atoms with van der Waals surface area (Å²) in [6.45, 7) is 4.02. The van der Waals surface area contributed by atoms with Crippen LogP contribution in [0.5, 0.6) is 0 Å². The number of carboxylic acids is 1. The molecule has 0 spiro atoms. The molecule has 0 aromatic carbocycles. The molecule has 0 aromatic rings. The molecule has 2 rings (SSSR count). The first-order valence-electron chi connectivity index (χ1n) is 9.96. The highest BCUT2D eigenvalue weighted by Crippen LogP contribution is 2.45. The second-order valence-electron chi connectivity index (χ2n) is 7.45. The molecule has 0 aliphatic carbocycles. The van der Waals surface area contributed by atoms with E-state index in [-0.39, 0.29) is 12.3 Å². The maximum Gasteiger partial charge on any atom is 0.303 e. The van der Waals surface area contributed by atoms with Gasteiger partial charge in [-0.1, -0.05) is 26.2 Å². The Bertz CT molecular complexity index is 430. The van der Waals surface area contributed by atoms with Gasteiger partial charge in [-0.25, -0.2) is 0 Å². The Morgan fingerprint density at radius 3 is 2.52 bits per heavy atom. The minimum absolute atomic E-state index is 0.0703. The Balaban J connectivity index is 1.64. The minimum Gasteiger partial charge on any atom is -0.481 e. The molecule has 144 valence electrons. The predicted octanol–water partition coefficient (Wildman–Crippen LogP) is 2.32. The Morgan fingerprint density at radius 1 is 1.08 bits per heavy atom. The van der Waals surface area contributed by atoms with Gasteiger partial charge in [0.15, 0.2) is 0 Å². The second-order valence-corrected chi connectivity index (χ2v) is 7.45. The largest absolute Gasteiger partial charge is 0.481 e. The summed E-state index contributed by atoms with van der Waals surface area (Å²) in [5.41, 5.74) is 0. The van der Waals surface area contributed by atoms with Crippen molar-refractivity contribution in [1.82, 2.24) is 10.6 Å². The first kappa shape index (κ1) is 20.2. The second kappa shape index (κ2) is 10.8. The van der Waals surface area contributed by atoms with E-state index in [0.29, 0.717) is 30.6 Å². The molecular weight excluding hydrogens is 320 g/mol. The summed E-state index contributed by atoms with van der Waals surface area (Å²) in [6, 6.07) is 0. The van der Waals surface area contributed by atoms with Crippen molar-refractivity contribution < 1.29 is 19.4 Å². The van der Waals surface area contributed by atoms with Crippen LogP contribution in [-0.4, -0.2) is 48.8 Å². The van der Waals surface area contributed by atoms with E-state index in [4.69, 9.17) is 9.84 Å². The number of carbonyl (C=O) groups excluding carboxylic acids is 1. The number of fused-ring (bicyclic) bond motifs is 2. The maximum absolute atomic E-state index is 11.7. The SMILES string of the molecule is CCCNC(=O)CNC[C@@H]1[C@@H](CCCCCCC(=O)O)[C@@H]2CC[C@H]1O2. The van der Waals surface area contributed by atoms with Crippen molar-refractivity contribution >= 4 is 11.9 Å². The van der Waals surface area contributed by atoms with Gasteiger partial charge in [-0.3, -0.25) is 9.59 Å². The van der Waals surface area contributed by atoms with E-state index >= 15 is 0 Å². The van der Waals surface area contributed by atoms with Gasteiger partial charge in [0.2, 0.25) is 5.91 Å². The Kier molecular flexibility index (Phi) is 8.68. The van der Waals surface area contributed by atoms with Gasteiger partial charge in [0, 0.05) is 25.4 Å². The quantitative estimate of drug-likeness (QED) is 0.442. The molecular formula is C19H34N2O4. The van der Waals surface area contributed by atoms with Crippen LogP contribution in [-0.2, 0) is 14.3 Å². The van der Waals surface area contributed by atoms with Crippen LogP contribution >= 0.6 is 0 Å². The topological polar surface area (TPSA) is 87.7 Å². The molecule has 2 fully saturated rings. The highest BCUT2D eigenvalue weighted by Gasteiger charge is 2.47. The number of rotatable bonds is 13. The molecule has 2 saturated heterocycles. The van der Waals surface area contributed by atoms with E-state index in [9.17, 15) is 9.59 Å². The number of hydrogen-bond acceptors (Lipinski definition) is 4. The molecule has 2 bridgehead atoms. The van der Waals surface area contributed by atoms with Gasteiger partial charge in [-0.15, -0.1) is 0 Å². The lowest BCUT2D eigenvalue weighted by atomic mass is 9.76. The maximum atomic E-state index is 11.7. The number of carboxylic acid groups (broad SMARTS) is 1. The van der Waals surface area contributed by atoms with Crippen LogP contribution < -0.4 is 10.6 Å². The number of aliphatic carboxylic acids is 1. The fourth-order valence-corrected chi connectivity index (χ4v) is 4.24. The molecule has 0 radical (unpaired) electrons. The lowest BCUT2D eigenvalue weighted by molar-refractivity contribution is -0.137. The summed E-state index contributed by atoms with van der Waals surface area (Å²) >= 11 is 0. The van der Waals surface area contributed by atoms with E-state index in [2.05, 4.69) is 10.6 Å². The average molecular weight is 354 g/mol. The standard InChI is InChI=1S/C19H34N2O4/c1-2-11-21-18(22)13-20-12-15-14(16-9-10-17(15)25-16)7-5-3-4-6-8-19(23)24/h14-17,20H,2-13H2,1H3,(H,21,22)(H,23,24)/t14-,15-,16+,17-/m1/s1. The zero-order valence-corrected chi connectivity index (χ0v) is 15.5. The first-order chi connectivity index (χ1) is 12.1. The van der Waals surface area contributed by atoms with E-state index < -0.39 is 5.97 Å². The lowest BCUT2D eigenvalue weighted by Gasteiger charge is -2.28. The third kappa shape index (κ3) is 6.59. The van der Waals surface area contributed by atoms with Crippen molar-refractivity contribution in [3.05, 3.63) is 0 Å². The monoisotopic (exact) mass is 354 g/mol. The normalized spacial score (nSPS) is 27.6. The summed E-state index contributed by atoms with van der Waals surface area (Å²) in [6.07, 6.45) is 9.47. The molecule has 2 aliphatic heterocycles. The van der Waals surface area contributed by atoms with E-state index in [1.165, 1.54) is 6.42 Å². The highest BCUT2D eigenvalue weighted by molar-refractivity contribution is 5.77. The van der Waals surface area contributed by atoms with Crippen molar-refractivity contribution in [1.29, 1.82) is 0 Å². The zero-order valence-electron chi connectivity index (χ0n) is 15.5. The van der Waals surface area contributed by atoms with Crippen molar-refractivity contribution in [2.75, 3.05) is 19.6 Å². The predicted molar refractivity (Wildman–Crippen MR) is 96.4 cm³/mol. The molecule has 6 nitrogen and oxygen atoms in total.